The Morgan fingerprint density at radius 3 is 2.55 bits per heavy atom. The third-order valence-electron chi connectivity index (χ3n) is 4.87. The van der Waals surface area contributed by atoms with Crippen molar-refractivity contribution < 1.29 is 14.4 Å². The van der Waals surface area contributed by atoms with Gasteiger partial charge < -0.3 is 16.0 Å². The minimum Gasteiger partial charge on any atom is -0.370 e. The lowest BCUT2D eigenvalue weighted by atomic mass is 9.96. The second kappa shape index (κ2) is 9.68. The number of benzene rings is 1. The minimum absolute atomic E-state index is 0.0408. The molecule has 1 fully saturated rings. The molecule has 0 aliphatic carbocycles. The molecular formula is C21H25N5O3. The summed E-state index contributed by atoms with van der Waals surface area (Å²) in [6, 6.07) is 11.3. The van der Waals surface area contributed by atoms with Crippen molar-refractivity contribution in [2.45, 2.75) is 25.8 Å². The number of primary amides is 1. The van der Waals surface area contributed by atoms with Crippen molar-refractivity contribution in [3.05, 3.63) is 54.2 Å². The summed E-state index contributed by atoms with van der Waals surface area (Å²) in [5.74, 6) is -0.249. The summed E-state index contributed by atoms with van der Waals surface area (Å²) >= 11 is 0. The number of nitrogens with two attached hydrogens (primary N) is 1. The number of aromatic nitrogens is 2. The molecule has 2 aromatic rings. The minimum atomic E-state index is -0.397. The van der Waals surface area contributed by atoms with Crippen molar-refractivity contribution in [1.29, 1.82) is 0 Å². The number of nitrogens with one attached hydrogen (secondary N) is 1. The van der Waals surface area contributed by atoms with Gasteiger partial charge in [-0.15, -0.1) is 0 Å². The summed E-state index contributed by atoms with van der Waals surface area (Å²) in [7, 11) is 0. The van der Waals surface area contributed by atoms with Gasteiger partial charge >= 0.3 is 0 Å². The lowest BCUT2D eigenvalue weighted by Gasteiger charge is -2.30. The highest BCUT2D eigenvalue weighted by molar-refractivity contribution is 5.93. The van der Waals surface area contributed by atoms with Crippen LogP contribution in [0.2, 0.25) is 0 Å². The molecule has 2 heterocycles. The summed E-state index contributed by atoms with van der Waals surface area (Å²) in [6.45, 7) is 1.47. The third kappa shape index (κ3) is 6.03. The zero-order chi connectivity index (χ0) is 20.6. The van der Waals surface area contributed by atoms with E-state index < -0.39 is 5.91 Å². The van der Waals surface area contributed by atoms with Gasteiger partial charge in [-0.25, -0.2) is 0 Å². The number of hydrogen-bond donors (Lipinski definition) is 2. The monoisotopic (exact) mass is 395 g/mol. The van der Waals surface area contributed by atoms with Crippen molar-refractivity contribution in [3.63, 3.8) is 0 Å². The van der Waals surface area contributed by atoms with Gasteiger partial charge in [-0.05, 0) is 24.5 Å². The van der Waals surface area contributed by atoms with Crippen LogP contribution in [0.5, 0.6) is 0 Å². The first-order chi connectivity index (χ1) is 14.0. The van der Waals surface area contributed by atoms with Gasteiger partial charge in [-0.3, -0.25) is 19.1 Å². The topological polar surface area (TPSA) is 110 Å². The molecule has 3 N–H and O–H groups in total. The zero-order valence-corrected chi connectivity index (χ0v) is 16.2. The van der Waals surface area contributed by atoms with Gasteiger partial charge in [-0.1, -0.05) is 30.3 Å². The van der Waals surface area contributed by atoms with Crippen LogP contribution in [0, 0.1) is 5.92 Å². The predicted octanol–water partition coefficient (Wildman–Crippen LogP) is 1.65. The summed E-state index contributed by atoms with van der Waals surface area (Å²) in [5, 5.41) is 7.02. The molecule has 0 spiro atoms. The van der Waals surface area contributed by atoms with E-state index in [2.05, 4.69) is 10.4 Å². The average Bonchev–Trinajstić information content (AvgIpc) is 3.18. The standard InChI is InChI=1S/C21H25N5O3/c22-18(27)10-14-26-15-11-19(24-26)23-21(29)17-8-12-25(13-9-17)20(28)7-6-16-4-2-1-3-5-16/h1-7,11,15,17H,8-10,12-14H2,(H2,22,27)(H,23,24,29). The highest BCUT2D eigenvalue weighted by atomic mass is 16.2. The summed E-state index contributed by atoms with van der Waals surface area (Å²) < 4.78 is 1.57. The van der Waals surface area contributed by atoms with Crippen molar-refractivity contribution in [2.24, 2.45) is 11.7 Å². The number of piperidine rings is 1. The molecule has 152 valence electrons. The first kappa shape index (κ1) is 20.3. The molecule has 0 unspecified atom stereocenters. The second-order valence-electron chi connectivity index (χ2n) is 7.01. The molecule has 3 rings (SSSR count). The van der Waals surface area contributed by atoms with Crippen LogP contribution in [-0.4, -0.2) is 45.5 Å². The first-order valence-electron chi connectivity index (χ1n) is 9.66. The number of nitrogens with zero attached hydrogens (tertiary/aromatic N) is 3. The number of carbonyl (C=O) groups is 3. The first-order valence-corrected chi connectivity index (χ1v) is 9.66. The van der Waals surface area contributed by atoms with E-state index >= 15 is 0 Å². The lowest BCUT2D eigenvalue weighted by Crippen LogP contribution is -2.40. The smallest absolute Gasteiger partial charge is 0.246 e. The Balaban J connectivity index is 1.45. The van der Waals surface area contributed by atoms with E-state index in [4.69, 9.17) is 5.73 Å². The Hall–Kier alpha value is -3.42. The van der Waals surface area contributed by atoms with Gasteiger partial charge in [-0.2, -0.15) is 5.10 Å². The van der Waals surface area contributed by atoms with E-state index in [1.165, 1.54) is 0 Å². The Kier molecular flexibility index (Phi) is 6.78. The number of anilines is 1. The Bertz CT molecular complexity index is 883. The molecule has 1 aliphatic heterocycles. The number of rotatable bonds is 7. The largest absolute Gasteiger partial charge is 0.370 e. The number of carbonyl (C=O) groups excluding carboxylic acids is 3. The fourth-order valence-corrected chi connectivity index (χ4v) is 3.21. The molecule has 8 heteroatoms. The zero-order valence-electron chi connectivity index (χ0n) is 16.2. The van der Waals surface area contributed by atoms with Crippen molar-refractivity contribution in [2.75, 3.05) is 18.4 Å². The SMILES string of the molecule is NC(=O)CCn1ccc(NC(=O)C2CCN(C(=O)C=Cc3ccccc3)CC2)n1. The molecule has 1 aromatic heterocycles. The normalized spacial score (nSPS) is 14.8. The van der Waals surface area contributed by atoms with E-state index in [1.807, 2.05) is 30.3 Å². The summed E-state index contributed by atoms with van der Waals surface area (Å²) in [4.78, 5) is 37.4. The maximum absolute atomic E-state index is 12.5. The maximum atomic E-state index is 12.5. The molecule has 1 saturated heterocycles. The van der Waals surface area contributed by atoms with Crippen LogP contribution in [-0.2, 0) is 20.9 Å². The van der Waals surface area contributed by atoms with E-state index in [9.17, 15) is 14.4 Å². The van der Waals surface area contributed by atoms with E-state index in [-0.39, 0.29) is 24.2 Å². The molecule has 1 aromatic carbocycles. The number of amides is 3. The van der Waals surface area contributed by atoms with E-state index in [1.54, 1.807) is 34.0 Å². The Labute approximate surface area is 169 Å². The average molecular weight is 395 g/mol. The van der Waals surface area contributed by atoms with Crippen LogP contribution in [0.1, 0.15) is 24.8 Å². The predicted molar refractivity (Wildman–Crippen MR) is 109 cm³/mol. The maximum Gasteiger partial charge on any atom is 0.246 e. The molecule has 0 radical (unpaired) electrons. The van der Waals surface area contributed by atoms with Crippen molar-refractivity contribution in [3.8, 4) is 0 Å². The number of aryl methyl sites for hydroxylation is 1. The van der Waals surface area contributed by atoms with Gasteiger partial charge in [0.1, 0.15) is 0 Å². The number of hydrogen-bond acceptors (Lipinski definition) is 4. The van der Waals surface area contributed by atoms with Gasteiger partial charge in [0.05, 0.1) is 0 Å². The molecular weight excluding hydrogens is 370 g/mol. The molecule has 0 bridgehead atoms. The molecule has 3 amide bonds. The third-order valence-corrected chi connectivity index (χ3v) is 4.87. The highest BCUT2D eigenvalue weighted by Crippen LogP contribution is 2.19. The van der Waals surface area contributed by atoms with E-state index in [0.29, 0.717) is 38.3 Å². The Morgan fingerprint density at radius 1 is 1.14 bits per heavy atom. The van der Waals surface area contributed by atoms with Gasteiger partial charge in [0.25, 0.3) is 0 Å². The van der Waals surface area contributed by atoms with Crippen LogP contribution in [0.15, 0.2) is 48.7 Å². The lowest BCUT2D eigenvalue weighted by molar-refractivity contribution is -0.130. The molecule has 1 aliphatic rings. The highest BCUT2D eigenvalue weighted by Gasteiger charge is 2.27. The van der Waals surface area contributed by atoms with Crippen LogP contribution < -0.4 is 11.1 Å². The second-order valence-corrected chi connectivity index (χ2v) is 7.01. The number of likely N-dealkylation sites (tertiary alicyclic amines) is 1. The van der Waals surface area contributed by atoms with Crippen LogP contribution in [0.3, 0.4) is 0 Å². The molecule has 0 saturated carbocycles. The quantitative estimate of drug-likeness (QED) is 0.695. The van der Waals surface area contributed by atoms with Gasteiger partial charge in [0.15, 0.2) is 5.82 Å². The van der Waals surface area contributed by atoms with E-state index in [0.717, 1.165) is 5.56 Å². The molecule has 0 atom stereocenters. The summed E-state index contributed by atoms with van der Waals surface area (Å²) in [5.41, 5.74) is 6.10. The van der Waals surface area contributed by atoms with Gasteiger partial charge in [0.2, 0.25) is 17.7 Å². The van der Waals surface area contributed by atoms with Crippen LogP contribution in [0.25, 0.3) is 6.08 Å². The van der Waals surface area contributed by atoms with Crippen LogP contribution in [0.4, 0.5) is 5.82 Å². The fourth-order valence-electron chi connectivity index (χ4n) is 3.21. The fraction of sp³-hybridized carbons (Fsp3) is 0.333. The summed E-state index contributed by atoms with van der Waals surface area (Å²) in [6.07, 6.45) is 6.49. The van der Waals surface area contributed by atoms with Crippen LogP contribution >= 0.6 is 0 Å². The van der Waals surface area contributed by atoms with Crippen molar-refractivity contribution >= 4 is 29.6 Å². The van der Waals surface area contributed by atoms with Crippen molar-refractivity contribution in [1.82, 2.24) is 14.7 Å². The molecule has 29 heavy (non-hydrogen) atoms. The van der Waals surface area contributed by atoms with Gasteiger partial charge in [0, 0.05) is 50.3 Å². The molecule has 8 nitrogen and oxygen atoms in total. The Morgan fingerprint density at radius 2 is 1.86 bits per heavy atom.